The van der Waals surface area contributed by atoms with E-state index in [2.05, 4.69) is 5.32 Å². The van der Waals surface area contributed by atoms with Gasteiger partial charge in [0.1, 0.15) is 16.9 Å². The van der Waals surface area contributed by atoms with E-state index < -0.39 is 11.6 Å². The fourth-order valence-corrected chi connectivity index (χ4v) is 3.09. The van der Waals surface area contributed by atoms with Crippen molar-refractivity contribution in [3.63, 3.8) is 0 Å². The van der Waals surface area contributed by atoms with Gasteiger partial charge in [-0.2, -0.15) is 0 Å². The van der Waals surface area contributed by atoms with Crippen LogP contribution in [0.3, 0.4) is 0 Å². The molecule has 1 saturated carbocycles. The molecular formula is C20H29NO5. The van der Waals surface area contributed by atoms with Crippen molar-refractivity contribution in [3.8, 4) is 5.75 Å². The van der Waals surface area contributed by atoms with Crippen LogP contribution in [0.25, 0.3) is 0 Å². The van der Waals surface area contributed by atoms with E-state index in [0.717, 1.165) is 19.3 Å². The van der Waals surface area contributed by atoms with Crippen molar-refractivity contribution in [2.24, 2.45) is 0 Å². The standard InChI is InChI=1S/C20H29NO5/c1-5-14(3)26-17-10-9-15(13-16(17)18(22)25-6-2)21-19(23)20(24-4)11-7-8-12-20/h9-10,13-14H,5-8,11-12H2,1-4H3,(H,21,23). The van der Waals surface area contributed by atoms with Crippen molar-refractivity contribution >= 4 is 17.6 Å². The van der Waals surface area contributed by atoms with Crippen LogP contribution in [0.5, 0.6) is 5.75 Å². The summed E-state index contributed by atoms with van der Waals surface area (Å²) in [6.45, 7) is 5.97. The quantitative estimate of drug-likeness (QED) is 0.708. The lowest BCUT2D eigenvalue weighted by atomic mass is 10.0. The van der Waals surface area contributed by atoms with Crippen LogP contribution in [0.4, 0.5) is 5.69 Å². The van der Waals surface area contributed by atoms with E-state index >= 15 is 0 Å². The zero-order valence-electron chi connectivity index (χ0n) is 16.1. The summed E-state index contributed by atoms with van der Waals surface area (Å²) >= 11 is 0. The molecule has 0 bridgehead atoms. The van der Waals surface area contributed by atoms with Gasteiger partial charge < -0.3 is 19.5 Å². The number of ether oxygens (including phenoxy) is 3. The molecule has 1 unspecified atom stereocenters. The zero-order chi connectivity index (χ0) is 19.2. The molecule has 0 aromatic heterocycles. The molecule has 1 aliphatic carbocycles. The molecule has 1 amide bonds. The first-order chi connectivity index (χ1) is 12.5. The first-order valence-corrected chi connectivity index (χ1v) is 9.30. The SMILES string of the molecule is CCOC(=O)c1cc(NC(=O)C2(OC)CCCC2)ccc1OC(C)CC. The van der Waals surface area contributed by atoms with Gasteiger partial charge in [0.05, 0.1) is 12.7 Å². The predicted molar refractivity (Wildman–Crippen MR) is 99.6 cm³/mol. The molecular weight excluding hydrogens is 334 g/mol. The van der Waals surface area contributed by atoms with Crippen molar-refractivity contribution in [1.29, 1.82) is 0 Å². The van der Waals surface area contributed by atoms with E-state index in [0.29, 0.717) is 29.8 Å². The van der Waals surface area contributed by atoms with E-state index in [1.165, 1.54) is 0 Å². The molecule has 2 rings (SSSR count). The molecule has 1 N–H and O–H groups in total. The number of esters is 1. The molecule has 1 aromatic rings. The second kappa shape index (κ2) is 9.03. The molecule has 144 valence electrons. The van der Waals surface area contributed by atoms with Gasteiger partial charge in [0, 0.05) is 12.8 Å². The van der Waals surface area contributed by atoms with E-state index in [4.69, 9.17) is 14.2 Å². The molecule has 0 aliphatic heterocycles. The number of methoxy groups -OCH3 is 1. The van der Waals surface area contributed by atoms with Gasteiger partial charge in [-0.25, -0.2) is 4.79 Å². The number of benzene rings is 1. The summed E-state index contributed by atoms with van der Waals surface area (Å²) in [5.41, 5.74) is 0.0522. The Hall–Kier alpha value is -2.08. The smallest absolute Gasteiger partial charge is 0.341 e. The number of hydrogen-bond acceptors (Lipinski definition) is 5. The lowest BCUT2D eigenvalue weighted by molar-refractivity contribution is -0.137. The number of rotatable bonds is 8. The molecule has 26 heavy (non-hydrogen) atoms. The largest absolute Gasteiger partial charge is 0.490 e. The number of carbonyl (C=O) groups excluding carboxylic acids is 2. The molecule has 6 nitrogen and oxygen atoms in total. The van der Waals surface area contributed by atoms with Crippen LogP contribution in [0.1, 0.15) is 63.2 Å². The Morgan fingerprint density at radius 1 is 1.23 bits per heavy atom. The van der Waals surface area contributed by atoms with Crippen LogP contribution in [-0.4, -0.2) is 37.3 Å². The lowest BCUT2D eigenvalue weighted by Crippen LogP contribution is -2.42. The summed E-state index contributed by atoms with van der Waals surface area (Å²) in [6.07, 6.45) is 4.13. The Balaban J connectivity index is 2.25. The van der Waals surface area contributed by atoms with Crippen LogP contribution in [0.2, 0.25) is 0 Å². The maximum atomic E-state index is 12.7. The van der Waals surface area contributed by atoms with Crippen molar-refractivity contribution < 1.29 is 23.8 Å². The van der Waals surface area contributed by atoms with Crippen LogP contribution < -0.4 is 10.1 Å². The summed E-state index contributed by atoms with van der Waals surface area (Å²) in [5, 5.41) is 2.88. The van der Waals surface area contributed by atoms with E-state index in [9.17, 15) is 9.59 Å². The van der Waals surface area contributed by atoms with Crippen molar-refractivity contribution in [1.82, 2.24) is 0 Å². The number of amides is 1. The van der Waals surface area contributed by atoms with Crippen LogP contribution in [-0.2, 0) is 14.3 Å². The monoisotopic (exact) mass is 363 g/mol. The molecule has 1 aromatic carbocycles. The second-order valence-corrected chi connectivity index (χ2v) is 6.63. The molecule has 0 heterocycles. The molecule has 1 aliphatic rings. The van der Waals surface area contributed by atoms with Crippen molar-refractivity contribution in [3.05, 3.63) is 23.8 Å². The fraction of sp³-hybridized carbons (Fsp3) is 0.600. The maximum absolute atomic E-state index is 12.7. The number of hydrogen-bond donors (Lipinski definition) is 1. The van der Waals surface area contributed by atoms with E-state index in [-0.39, 0.29) is 18.6 Å². The van der Waals surface area contributed by atoms with Gasteiger partial charge in [0.25, 0.3) is 5.91 Å². The highest BCUT2D eigenvalue weighted by Gasteiger charge is 2.41. The van der Waals surface area contributed by atoms with Crippen LogP contribution in [0, 0.1) is 0 Å². The Bertz CT molecular complexity index is 637. The van der Waals surface area contributed by atoms with Gasteiger partial charge in [-0.3, -0.25) is 4.79 Å². The highest BCUT2D eigenvalue weighted by Crippen LogP contribution is 2.34. The minimum absolute atomic E-state index is 0.0288. The van der Waals surface area contributed by atoms with E-state index in [1.54, 1.807) is 32.2 Å². The molecule has 1 fully saturated rings. The summed E-state index contributed by atoms with van der Waals surface area (Å²) < 4.78 is 16.5. The summed E-state index contributed by atoms with van der Waals surface area (Å²) in [6, 6.07) is 5.03. The third-order valence-electron chi connectivity index (χ3n) is 4.85. The molecule has 1 atom stereocenters. The van der Waals surface area contributed by atoms with E-state index in [1.807, 2.05) is 13.8 Å². The Morgan fingerprint density at radius 3 is 2.50 bits per heavy atom. The zero-order valence-corrected chi connectivity index (χ0v) is 16.1. The predicted octanol–water partition coefficient (Wildman–Crippen LogP) is 3.94. The van der Waals surface area contributed by atoms with Crippen molar-refractivity contribution in [2.75, 3.05) is 19.0 Å². The first-order valence-electron chi connectivity index (χ1n) is 9.30. The van der Waals surface area contributed by atoms with Crippen LogP contribution >= 0.6 is 0 Å². The van der Waals surface area contributed by atoms with Crippen LogP contribution in [0.15, 0.2) is 18.2 Å². The normalized spacial score (nSPS) is 16.8. The number of nitrogens with one attached hydrogen (secondary N) is 1. The van der Waals surface area contributed by atoms with Gasteiger partial charge >= 0.3 is 5.97 Å². The summed E-state index contributed by atoms with van der Waals surface area (Å²) in [5.74, 6) is -0.190. The van der Waals surface area contributed by atoms with Gasteiger partial charge in [-0.05, 0) is 64.2 Å². The Labute approximate surface area is 155 Å². The minimum Gasteiger partial charge on any atom is -0.490 e. The van der Waals surface area contributed by atoms with Crippen molar-refractivity contribution in [2.45, 2.75) is 64.6 Å². The maximum Gasteiger partial charge on any atom is 0.341 e. The second-order valence-electron chi connectivity index (χ2n) is 6.63. The summed E-state index contributed by atoms with van der Waals surface area (Å²) in [7, 11) is 1.57. The fourth-order valence-electron chi connectivity index (χ4n) is 3.09. The Kier molecular flexibility index (Phi) is 7.03. The third kappa shape index (κ3) is 4.55. The van der Waals surface area contributed by atoms with Gasteiger partial charge in [-0.1, -0.05) is 6.92 Å². The average Bonchev–Trinajstić information content (AvgIpc) is 3.13. The van der Waals surface area contributed by atoms with Gasteiger partial charge in [0.15, 0.2) is 0 Å². The number of anilines is 1. The molecule has 0 spiro atoms. The number of carbonyl (C=O) groups is 2. The minimum atomic E-state index is -0.782. The molecule has 6 heteroatoms. The third-order valence-corrected chi connectivity index (χ3v) is 4.85. The van der Waals surface area contributed by atoms with Gasteiger partial charge in [0.2, 0.25) is 0 Å². The summed E-state index contributed by atoms with van der Waals surface area (Å²) in [4.78, 5) is 25.0. The highest BCUT2D eigenvalue weighted by molar-refractivity contribution is 5.99. The average molecular weight is 363 g/mol. The highest BCUT2D eigenvalue weighted by atomic mass is 16.5. The lowest BCUT2D eigenvalue weighted by Gasteiger charge is -2.26. The Morgan fingerprint density at radius 2 is 1.92 bits per heavy atom. The molecule has 0 saturated heterocycles. The molecule has 0 radical (unpaired) electrons. The topological polar surface area (TPSA) is 73.9 Å². The first kappa shape index (κ1) is 20.2. The van der Waals surface area contributed by atoms with Gasteiger partial charge in [-0.15, -0.1) is 0 Å².